The third-order valence-corrected chi connectivity index (χ3v) is 4.08. The standard InChI is InChI=1S/C19H27N3O2/c1-13(2)17-16(14(3)21-24-6)18(23)22(20-17)19(4,5)12-15-10-8-7-9-11-15/h7-11,13,23H,12H2,1-6H3. The minimum atomic E-state index is -0.374. The molecule has 130 valence electrons. The zero-order chi connectivity index (χ0) is 17.9. The van der Waals surface area contributed by atoms with Gasteiger partial charge in [-0.15, -0.1) is 0 Å². The molecular weight excluding hydrogens is 302 g/mol. The highest BCUT2D eigenvalue weighted by molar-refractivity contribution is 6.01. The van der Waals surface area contributed by atoms with Gasteiger partial charge in [0, 0.05) is 0 Å². The molecule has 0 aliphatic rings. The summed E-state index contributed by atoms with van der Waals surface area (Å²) < 4.78 is 1.71. The maximum absolute atomic E-state index is 10.8. The van der Waals surface area contributed by atoms with Crippen molar-refractivity contribution in [1.82, 2.24) is 9.78 Å². The molecule has 0 unspecified atom stereocenters. The minimum absolute atomic E-state index is 0.137. The lowest BCUT2D eigenvalue weighted by molar-refractivity contribution is 0.213. The van der Waals surface area contributed by atoms with E-state index in [4.69, 9.17) is 9.94 Å². The highest BCUT2D eigenvalue weighted by Gasteiger charge is 2.30. The Balaban J connectivity index is 2.50. The van der Waals surface area contributed by atoms with Gasteiger partial charge >= 0.3 is 0 Å². The van der Waals surface area contributed by atoms with Crippen molar-refractivity contribution >= 4 is 5.71 Å². The van der Waals surface area contributed by atoms with Crippen LogP contribution < -0.4 is 0 Å². The summed E-state index contributed by atoms with van der Waals surface area (Å²) in [5.74, 6) is 0.305. The molecule has 0 bridgehead atoms. The fourth-order valence-corrected chi connectivity index (χ4v) is 2.95. The van der Waals surface area contributed by atoms with E-state index in [-0.39, 0.29) is 17.3 Å². The van der Waals surface area contributed by atoms with Crippen LogP contribution in [0.2, 0.25) is 0 Å². The molecule has 2 aromatic rings. The largest absolute Gasteiger partial charge is 0.493 e. The summed E-state index contributed by atoms with van der Waals surface area (Å²) in [6, 6.07) is 10.2. The fraction of sp³-hybridized carbons (Fsp3) is 0.474. The van der Waals surface area contributed by atoms with Gasteiger partial charge < -0.3 is 9.94 Å². The van der Waals surface area contributed by atoms with Gasteiger partial charge in [-0.25, -0.2) is 4.68 Å². The highest BCUT2D eigenvalue weighted by Crippen LogP contribution is 2.33. The molecule has 0 spiro atoms. The Morgan fingerprint density at radius 2 is 1.92 bits per heavy atom. The number of hydrogen-bond acceptors (Lipinski definition) is 4. The van der Waals surface area contributed by atoms with E-state index in [9.17, 15) is 5.11 Å². The van der Waals surface area contributed by atoms with Crippen molar-refractivity contribution in [1.29, 1.82) is 0 Å². The Bertz CT molecular complexity index is 716. The second-order valence-electron chi connectivity index (χ2n) is 6.98. The van der Waals surface area contributed by atoms with Gasteiger partial charge in [-0.05, 0) is 38.7 Å². The molecule has 0 saturated heterocycles. The summed E-state index contributed by atoms with van der Waals surface area (Å²) >= 11 is 0. The third-order valence-electron chi connectivity index (χ3n) is 4.08. The molecule has 0 aliphatic heterocycles. The Morgan fingerprint density at radius 3 is 2.46 bits per heavy atom. The first-order valence-corrected chi connectivity index (χ1v) is 8.22. The van der Waals surface area contributed by atoms with Gasteiger partial charge in [-0.3, -0.25) is 0 Å². The molecule has 0 amide bonds. The summed E-state index contributed by atoms with van der Waals surface area (Å²) in [6.07, 6.45) is 0.764. The number of rotatable bonds is 6. The number of nitrogens with zero attached hydrogens (tertiary/aromatic N) is 3. The van der Waals surface area contributed by atoms with Crippen molar-refractivity contribution in [2.24, 2.45) is 5.16 Å². The average Bonchev–Trinajstić information content (AvgIpc) is 2.86. The molecule has 1 heterocycles. The van der Waals surface area contributed by atoms with Crippen LogP contribution in [0.1, 0.15) is 57.4 Å². The van der Waals surface area contributed by atoms with Gasteiger partial charge in [0.15, 0.2) is 0 Å². The number of oxime groups is 1. The van der Waals surface area contributed by atoms with Gasteiger partial charge in [0.25, 0.3) is 0 Å². The first-order chi connectivity index (χ1) is 11.3. The van der Waals surface area contributed by atoms with Crippen LogP contribution in [-0.2, 0) is 16.8 Å². The summed E-state index contributed by atoms with van der Waals surface area (Å²) in [6.45, 7) is 10.1. The lowest BCUT2D eigenvalue weighted by Crippen LogP contribution is -2.30. The smallest absolute Gasteiger partial charge is 0.219 e. The molecular formula is C19H27N3O2. The Labute approximate surface area is 144 Å². The Hall–Kier alpha value is -2.30. The van der Waals surface area contributed by atoms with Crippen LogP contribution in [0, 0.1) is 0 Å². The van der Waals surface area contributed by atoms with E-state index in [1.54, 1.807) is 4.68 Å². The number of hydrogen-bond donors (Lipinski definition) is 1. The molecule has 0 saturated carbocycles. The topological polar surface area (TPSA) is 59.6 Å². The van der Waals surface area contributed by atoms with Gasteiger partial charge in [-0.2, -0.15) is 5.10 Å². The monoisotopic (exact) mass is 329 g/mol. The fourth-order valence-electron chi connectivity index (χ4n) is 2.95. The zero-order valence-corrected chi connectivity index (χ0v) is 15.4. The predicted octanol–water partition coefficient (Wildman–Crippen LogP) is 4.06. The van der Waals surface area contributed by atoms with Crippen molar-refractivity contribution in [3.8, 4) is 5.88 Å². The van der Waals surface area contributed by atoms with E-state index in [2.05, 4.69) is 45.0 Å². The molecule has 0 fully saturated rings. The average molecular weight is 329 g/mol. The second kappa shape index (κ2) is 7.07. The van der Waals surface area contributed by atoms with Crippen LogP contribution >= 0.6 is 0 Å². The van der Waals surface area contributed by atoms with Crippen LogP contribution in [-0.4, -0.2) is 27.7 Å². The summed E-state index contributed by atoms with van der Waals surface area (Å²) in [5, 5.41) is 19.5. The third kappa shape index (κ3) is 3.61. The first kappa shape index (κ1) is 18.0. The second-order valence-corrected chi connectivity index (χ2v) is 6.98. The van der Waals surface area contributed by atoms with E-state index in [0.717, 1.165) is 12.1 Å². The SMILES string of the molecule is CON=C(C)c1c(C(C)C)nn(C(C)(C)Cc2ccccc2)c1O. The van der Waals surface area contributed by atoms with Crippen molar-refractivity contribution in [3.63, 3.8) is 0 Å². The Kier molecular flexibility index (Phi) is 5.32. The molecule has 0 atom stereocenters. The predicted molar refractivity (Wildman–Crippen MR) is 96.7 cm³/mol. The molecule has 1 aromatic heterocycles. The van der Waals surface area contributed by atoms with Crippen LogP contribution in [0.3, 0.4) is 0 Å². The van der Waals surface area contributed by atoms with Crippen LogP contribution in [0.5, 0.6) is 5.88 Å². The van der Waals surface area contributed by atoms with Crippen molar-refractivity contribution in [2.75, 3.05) is 7.11 Å². The van der Waals surface area contributed by atoms with Crippen LogP contribution in [0.15, 0.2) is 35.5 Å². The van der Waals surface area contributed by atoms with Gasteiger partial charge in [0.2, 0.25) is 5.88 Å². The maximum Gasteiger partial charge on any atom is 0.219 e. The minimum Gasteiger partial charge on any atom is -0.493 e. The van der Waals surface area contributed by atoms with E-state index < -0.39 is 0 Å². The first-order valence-electron chi connectivity index (χ1n) is 8.22. The van der Waals surface area contributed by atoms with E-state index in [0.29, 0.717) is 11.3 Å². The van der Waals surface area contributed by atoms with Gasteiger partial charge in [-0.1, -0.05) is 49.3 Å². The number of aromatic nitrogens is 2. The van der Waals surface area contributed by atoms with Crippen molar-refractivity contribution in [3.05, 3.63) is 47.2 Å². The summed E-state index contributed by atoms with van der Waals surface area (Å²) in [7, 11) is 1.50. The van der Waals surface area contributed by atoms with Gasteiger partial charge in [0.05, 0.1) is 22.5 Å². The van der Waals surface area contributed by atoms with Crippen LogP contribution in [0.25, 0.3) is 0 Å². The molecule has 5 heteroatoms. The quantitative estimate of drug-likeness (QED) is 0.642. The highest BCUT2D eigenvalue weighted by atomic mass is 16.6. The maximum atomic E-state index is 10.8. The molecule has 0 radical (unpaired) electrons. The molecule has 1 N–H and O–H groups in total. The van der Waals surface area contributed by atoms with Gasteiger partial charge in [0.1, 0.15) is 7.11 Å². The lowest BCUT2D eigenvalue weighted by atomic mass is 9.95. The summed E-state index contributed by atoms with van der Waals surface area (Å²) in [5.41, 5.74) is 2.94. The molecule has 24 heavy (non-hydrogen) atoms. The number of benzene rings is 1. The Morgan fingerprint density at radius 1 is 1.29 bits per heavy atom. The number of aromatic hydroxyl groups is 1. The van der Waals surface area contributed by atoms with Crippen LogP contribution in [0.4, 0.5) is 0 Å². The zero-order valence-electron chi connectivity index (χ0n) is 15.4. The van der Waals surface area contributed by atoms with E-state index >= 15 is 0 Å². The molecule has 0 aliphatic carbocycles. The summed E-state index contributed by atoms with van der Waals surface area (Å²) in [4.78, 5) is 4.88. The van der Waals surface area contributed by atoms with Crippen molar-refractivity contribution < 1.29 is 9.94 Å². The molecule has 1 aromatic carbocycles. The lowest BCUT2D eigenvalue weighted by Gasteiger charge is -2.26. The van der Waals surface area contributed by atoms with Crippen molar-refractivity contribution in [2.45, 2.75) is 52.5 Å². The normalized spacial score (nSPS) is 12.7. The van der Waals surface area contributed by atoms with E-state index in [1.165, 1.54) is 12.7 Å². The molecule has 5 nitrogen and oxygen atoms in total. The molecule has 2 rings (SSSR count). The van der Waals surface area contributed by atoms with E-state index in [1.807, 2.05) is 25.1 Å².